The lowest BCUT2D eigenvalue weighted by Gasteiger charge is -2.37. The van der Waals surface area contributed by atoms with Crippen molar-refractivity contribution in [3.05, 3.63) is 24.2 Å². The Hall–Kier alpha value is -1.91. The van der Waals surface area contributed by atoms with Crippen LogP contribution in [0.15, 0.2) is 22.8 Å². The van der Waals surface area contributed by atoms with Gasteiger partial charge in [0.15, 0.2) is 0 Å². The van der Waals surface area contributed by atoms with E-state index >= 15 is 0 Å². The predicted molar refractivity (Wildman–Crippen MR) is 74.1 cm³/mol. The quantitative estimate of drug-likeness (QED) is 0.680. The summed E-state index contributed by atoms with van der Waals surface area (Å²) < 4.78 is 5.18. The Bertz CT molecular complexity index is 631. The molecule has 5 nitrogen and oxygen atoms in total. The van der Waals surface area contributed by atoms with Gasteiger partial charge >= 0.3 is 0 Å². The average Bonchev–Trinajstić information content (AvgIpc) is 3.04. The summed E-state index contributed by atoms with van der Waals surface area (Å²) in [4.78, 5) is 37.5. The molecular weight excluding hydrogens is 270 g/mol. The second kappa shape index (κ2) is 4.06. The molecule has 0 saturated heterocycles. The van der Waals surface area contributed by atoms with Crippen LogP contribution in [-0.2, 0) is 20.9 Å². The molecule has 2 aliphatic rings. The number of furan rings is 1. The van der Waals surface area contributed by atoms with Gasteiger partial charge in [0, 0.05) is 5.41 Å². The highest BCUT2D eigenvalue weighted by molar-refractivity contribution is 6.48. The number of amides is 1. The molecule has 1 aromatic rings. The van der Waals surface area contributed by atoms with Gasteiger partial charge in [0.05, 0.1) is 12.8 Å². The van der Waals surface area contributed by atoms with Crippen LogP contribution in [0, 0.1) is 16.2 Å². The summed E-state index contributed by atoms with van der Waals surface area (Å²) in [5.74, 6) is -0.663. The van der Waals surface area contributed by atoms with Gasteiger partial charge in [-0.1, -0.05) is 20.8 Å². The molecular formula is C16H19NO4. The number of fused-ring (bicyclic) bond motifs is 2. The van der Waals surface area contributed by atoms with E-state index in [2.05, 4.69) is 5.32 Å². The molecule has 0 radical (unpaired) electrons. The number of nitrogens with one attached hydrogen (secondary N) is 1. The van der Waals surface area contributed by atoms with Gasteiger partial charge in [-0.2, -0.15) is 0 Å². The Balaban J connectivity index is 1.91. The lowest BCUT2D eigenvalue weighted by atomic mass is 9.64. The average molecular weight is 289 g/mol. The van der Waals surface area contributed by atoms with E-state index in [4.69, 9.17) is 4.42 Å². The van der Waals surface area contributed by atoms with Crippen molar-refractivity contribution in [2.24, 2.45) is 16.2 Å². The summed E-state index contributed by atoms with van der Waals surface area (Å²) in [7, 11) is 0. The van der Waals surface area contributed by atoms with Gasteiger partial charge in [-0.3, -0.25) is 14.4 Å². The maximum absolute atomic E-state index is 12.7. The Labute approximate surface area is 123 Å². The number of hydrogen-bond donors (Lipinski definition) is 1. The Morgan fingerprint density at radius 1 is 1.24 bits per heavy atom. The molecule has 112 valence electrons. The van der Waals surface area contributed by atoms with E-state index in [1.807, 2.05) is 20.8 Å². The first-order valence-corrected chi connectivity index (χ1v) is 7.17. The third kappa shape index (κ3) is 1.44. The molecule has 0 aliphatic heterocycles. The largest absolute Gasteiger partial charge is 0.467 e. The van der Waals surface area contributed by atoms with Crippen LogP contribution in [-0.4, -0.2) is 17.5 Å². The van der Waals surface area contributed by atoms with Gasteiger partial charge in [-0.05, 0) is 30.4 Å². The minimum Gasteiger partial charge on any atom is -0.467 e. The number of carbonyl (C=O) groups is 3. The standard InChI is InChI=1S/C16H19NO4/c1-14(2)15(3)6-7-16(14,12(19)11(15)18)13(20)17-9-10-5-4-8-21-10/h4-5,8H,6-7,9H2,1-3H3,(H,17,20)/t15-,16-/m0/s1. The van der Waals surface area contributed by atoms with Crippen molar-refractivity contribution in [2.75, 3.05) is 0 Å². The van der Waals surface area contributed by atoms with E-state index in [9.17, 15) is 14.4 Å². The molecule has 2 saturated carbocycles. The van der Waals surface area contributed by atoms with E-state index in [-0.39, 0.29) is 12.5 Å². The van der Waals surface area contributed by atoms with Crippen molar-refractivity contribution in [2.45, 2.75) is 40.2 Å². The van der Waals surface area contributed by atoms with E-state index in [1.54, 1.807) is 12.1 Å². The topological polar surface area (TPSA) is 76.4 Å². The smallest absolute Gasteiger partial charge is 0.235 e. The minimum absolute atomic E-state index is 0.224. The predicted octanol–water partition coefficient (Wildman–Crippen LogP) is 1.86. The SMILES string of the molecule is CC1(C)[C@@]2(C(=O)NCc3ccco3)CC[C@@]1(C)C(=O)C2=O. The van der Waals surface area contributed by atoms with Gasteiger partial charge < -0.3 is 9.73 Å². The highest BCUT2D eigenvalue weighted by atomic mass is 16.3. The van der Waals surface area contributed by atoms with E-state index < -0.39 is 27.8 Å². The molecule has 1 amide bonds. The zero-order valence-corrected chi connectivity index (χ0v) is 12.5. The first-order valence-electron chi connectivity index (χ1n) is 7.17. The molecule has 2 aliphatic carbocycles. The summed E-state index contributed by atoms with van der Waals surface area (Å²) >= 11 is 0. The summed E-state index contributed by atoms with van der Waals surface area (Å²) in [5.41, 5.74) is -2.63. The lowest BCUT2D eigenvalue weighted by Crippen LogP contribution is -2.50. The Kier molecular flexibility index (Phi) is 2.71. The number of hydrogen-bond acceptors (Lipinski definition) is 4. The van der Waals surface area contributed by atoms with E-state index in [0.717, 1.165) is 0 Å². The molecule has 0 unspecified atom stereocenters. The lowest BCUT2D eigenvalue weighted by molar-refractivity contribution is -0.149. The summed E-state index contributed by atoms with van der Waals surface area (Å²) in [6, 6.07) is 3.49. The number of carbonyl (C=O) groups excluding carboxylic acids is 3. The molecule has 0 spiro atoms. The van der Waals surface area contributed by atoms with Crippen LogP contribution >= 0.6 is 0 Å². The highest BCUT2D eigenvalue weighted by Crippen LogP contribution is 2.68. The van der Waals surface area contributed by atoms with Crippen LogP contribution in [0.3, 0.4) is 0 Å². The van der Waals surface area contributed by atoms with Crippen LogP contribution in [0.5, 0.6) is 0 Å². The van der Waals surface area contributed by atoms with Crippen LogP contribution in [0.2, 0.25) is 0 Å². The minimum atomic E-state index is -1.23. The second-order valence-electron chi connectivity index (χ2n) is 6.78. The first-order chi connectivity index (χ1) is 9.77. The van der Waals surface area contributed by atoms with Crippen LogP contribution in [0.1, 0.15) is 39.4 Å². The van der Waals surface area contributed by atoms with Crippen molar-refractivity contribution < 1.29 is 18.8 Å². The normalized spacial score (nSPS) is 33.5. The molecule has 2 atom stereocenters. The summed E-state index contributed by atoms with van der Waals surface area (Å²) in [5, 5.41) is 2.76. The van der Waals surface area contributed by atoms with Crippen molar-refractivity contribution in [1.82, 2.24) is 5.32 Å². The number of ketones is 2. The van der Waals surface area contributed by atoms with Gasteiger partial charge in [0.25, 0.3) is 0 Å². The number of Topliss-reactive ketones (excluding diaryl/α,β-unsaturated/α-hetero) is 2. The fourth-order valence-electron chi connectivity index (χ4n) is 4.00. The maximum atomic E-state index is 12.7. The Morgan fingerprint density at radius 2 is 1.95 bits per heavy atom. The molecule has 5 heteroatoms. The van der Waals surface area contributed by atoms with Gasteiger partial charge in [-0.15, -0.1) is 0 Å². The summed E-state index contributed by atoms with van der Waals surface area (Å²) in [6.45, 7) is 5.74. The fourth-order valence-corrected chi connectivity index (χ4v) is 4.00. The van der Waals surface area contributed by atoms with Crippen LogP contribution < -0.4 is 5.32 Å². The molecule has 3 rings (SSSR count). The molecule has 2 bridgehead atoms. The van der Waals surface area contributed by atoms with Crippen molar-refractivity contribution in [3.63, 3.8) is 0 Å². The molecule has 1 aromatic heterocycles. The van der Waals surface area contributed by atoms with Gasteiger partial charge in [0.2, 0.25) is 17.5 Å². The van der Waals surface area contributed by atoms with Crippen LogP contribution in [0.4, 0.5) is 0 Å². The fraction of sp³-hybridized carbons (Fsp3) is 0.562. The Morgan fingerprint density at radius 3 is 2.48 bits per heavy atom. The van der Waals surface area contributed by atoms with Gasteiger partial charge in [0.1, 0.15) is 11.2 Å². The highest BCUT2D eigenvalue weighted by Gasteiger charge is 2.77. The monoisotopic (exact) mass is 289 g/mol. The van der Waals surface area contributed by atoms with E-state index in [1.165, 1.54) is 6.26 Å². The molecule has 0 aromatic carbocycles. The second-order valence-corrected chi connectivity index (χ2v) is 6.78. The van der Waals surface area contributed by atoms with Gasteiger partial charge in [-0.25, -0.2) is 0 Å². The molecule has 2 fully saturated rings. The zero-order chi connectivity index (χ0) is 15.5. The number of rotatable bonds is 3. The molecule has 21 heavy (non-hydrogen) atoms. The van der Waals surface area contributed by atoms with Crippen molar-refractivity contribution in [1.29, 1.82) is 0 Å². The first kappa shape index (κ1) is 14.0. The van der Waals surface area contributed by atoms with Crippen molar-refractivity contribution >= 4 is 17.5 Å². The third-order valence-corrected chi connectivity index (χ3v) is 5.93. The molecule has 1 N–H and O–H groups in total. The maximum Gasteiger partial charge on any atom is 0.235 e. The van der Waals surface area contributed by atoms with Crippen molar-refractivity contribution in [3.8, 4) is 0 Å². The summed E-state index contributed by atoms with van der Waals surface area (Å²) in [6.07, 6.45) is 2.55. The third-order valence-electron chi connectivity index (χ3n) is 5.93. The van der Waals surface area contributed by atoms with Crippen LogP contribution in [0.25, 0.3) is 0 Å². The zero-order valence-electron chi connectivity index (χ0n) is 12.5. The molecule has 1 heterocycles. The van der Waals surface area contributed by atoms with E-state index in [0.29, 0.717) is 18.6 Å².